The van der Waals surface area contributed by atoms with E-state index in [-0.39, 0.29) is 35.9 Å². The van der Waals surface area contributed by atoms with Crippen molar-refractivity contribution in [1.29, 1.82) is 0 Å². The van der Waals surface area contributed by atoms with E-state index in [9.17, 15) is 9.59 Å². The predicted molar refractivity (Wildman–Crippen MR) is 146 cm³/mol. The fourth-order valence-corrected chi connectivity index (χ4v) is 4.72. The number of carbonyl (C=O) groups is 2. The van der Waals surface area contributed by atoms with Crippen molar-refractivity contribution < 1.29 is 28.5 Å². The number of hydrogen-bond donors (Lipinski definition) is 1. The van der Waals surface area contributed by atoms with Crippen LogP contribution >= 0.6 is 0 Å². The number of aryl methyl sites for hydroxylation is 1. The molecule has 1 fully saturated rings. The molecule has 4 unspecified atom stereocenters. The van der Waals surface area contributed by atoms with Crippen LogP contribution in [0.1, 0.15) is 78.9 Å². The SMILES string of the molecule is COCCCOc1cc(CC(CC(NC(=O)OC(C)(C)C)C2CC(C(C)C)C(=O)O2)C(C)C)ccc1C. The van der Waals surface area contributed by atoms with Crippen LogP contribution in [0.25, 0.3) is 0 Å². The molecule has 0 spiro atoms. The van der Waals surface area contributed by atoms with Crippen molar-refractivity contribution in [3.8, 4) is 5.75 Å². The van der Waals surface area contributed by atoms with E-state index in [2.05, 4.69) is 44.3 Å². The Kier molecular flexibility index (Phi) is 11.7. The van der Waals surface area contributed by atoms with Crippen LogP contribution in [0.5, 0.6) is 5.75 Å². The van der Waals surface area contributed by atoms with Gasteiger partial charge in [0.05, 0.1) is 18.6 Å². The maximum Gasteiger partial charge on any atom is 0.408 e. The first-order chi connectivity index (χ1) is 17.3. The summed E-state index contributed by atoms with van der Waals surface area (Å²) in [6.45, 7) is 17.3. The van der Waals surface area contributed by atoms with Crippen molar-refractivity contribution in [3.05, 3.63) is 29.3 Å². The van der Waals surface area contributed by atoms with Gasteiger partial charge in [0.1, 0.15) is 17.5 Å². The highest BCUT2D eigenvalue weighted by atomic mass is 16.6. The fourth-order valence-electron chi connectivity index (χ4n) is 4.72. The molecule has 37 heavy (non-hydrogen) atoms. The van der Waals surface area contributed by atoms with Crippen LogP contribution in [0.3, 0.4) is 0 Å². The number of methoxy groups -OCH3 is 1. The predicted octanol–water partition coefficient (Wildman–Crippen LogP) is 6.10. The smallest absolute Gasteiger partial charge is 0.408 e. The number of amides is 1. The highest BCUT2D eigenvalue weighted by Crippen LogP contribution is 2.33. The number of rotatable bonds is 13. The molecule has 1 N–H and O–H groups in total. The van der Waals surface area contributed by atoms with Crippen LogP contribution < -0.4 is 10.1 Å². The first-order valence-electron chi connectivity index (χ1n) is 13.7. The van der Waals surface area contributed by atoms with Crippen molar-refractivity contribution in [3.63, 3.8) is 0 Å². The maximum absolute atomic E-state index is 12.8. The maximum atomic E-state index is 12.8. The Balaban J connectivity index is 2.20. The Labute approximate surface area is 224 Å². The van der Waals surface area contributed by atoms with E-state index >= 15 is 0 Å². The highest BCUT2D eigenvalue weighted by molar-refractivity contribution is 5.75. The number of alkyl carbamates (subject to hydrolysis) is 1. The van der Waals surface area contributed by atoms with Crippen LogP contribution in [0.2, 0.25) is 0 Å². The molecule has 0 aromatic heterocycles. The zero-order valence-electron chi connectivity index (χ0n) is 24.4. The van der Waals surface area contributed by atoms with Crippen molar-refractivity contribution in [2.75, 3.05) is 20.3 Å². The van der Waals surface area contributed by atoms with Crippen molar-refractivity contribution in [1.82, 2.24) is 5.32 Å². The lowest BCUT2D eigenvalue weighted by Gasteiger charge is -2.31. The Hall–Kier alpha value is -2.28. The summed E-state index contributed by atoms with van der Waals surface area (Å²) in [5.41, 5.74) is 1.68. The van der Waals surface area contributed by atoms with Crippen LogP contribution in [0.4, 0.5) is 4.79 Å². The molecule has 7 heteroatoms. The molecule has 0 saturated carbocycles. The average Bonchev–Trinajstić information content (AvgIpc) is 3.18. The van der Waals surface area contributed by atoms with E-state index in [0.717, 1.165) is 24.2 Å². The summed E-state index contributed by atoms with van der Waals surface area (Å²) in [5.74, 6) is 1.36. The highest BCUT2D eigenvalue weighted by Gasteiger charge is 2.42. The van der Waals surface area contributed by atoms with Gasteiger partial charge in [0.25, 0.3) is 0 Å². The second-order valence-electron chi connectivity index (χ2n) is 12.1. The average molecular weight is 520 g/mol. The number of hydrogen-bond acceptors (Lipinski definition) is 6. The van der Waals surface area contributed by atoms with Crippen molar-refractivity contribution >= 4 is 12.1 Å². The Morgan fingerprint density at radius 2 is 1.86 bits per heavy atom. The molecule has 1 aromatic carbocycles. The number of esters is 1. The molecule has 1 aliphatic heterocycles. The van der Waals surface area contributed by atoms with Crippen molar-refractivity contribution in [2.24, 2.45) is 23.7 Å². The molecule has 0 bridgehead atoms. The summed E-state index contributed by atoms with van der Waals surface area (Å²) >= 11 is 0. The summed E-state index contributed by atoms with van der Waals surface area (Å²) < 4.78 is 22.5. The van der Waals surface area contributed by atoms with Crippen LogP contribution in [0.15, 0.2) is 18.2 Å². The fraction of sp³-hybridized carbons (Fsp3) is 0.733. The number of ether oxygens (including phenoxy) is 4. The third-order valence-corrected chi connectivity index (χ3v) is 7.01. The normalized spacial score (nSPS) is 19.6. The zero-order chi connectivity index (χ0) is 27.8. The second kappa shape index (κ2) is 14.0. The van der Waals surface area contributed by atoms with E-state index in [1.54, 1.807) is 7.11 Å². The lowest BCUT2D eigenvalue weighted by molar-refractivity contribution is -0.146. The van der Waals surface area contributed by atoms with Gasteiger partial charge in [-0.1, -0.05) is 39.8 Å². The molecule has 1 aliphatic rings. The third kappa shape index (κ3) is 10.2. The second-order valence-corrected chi connectivity index (χ2v) is 12.1. The molecule has 7 nitrogen and oxygen atoms in total. The zero-order valence-corrected chi connectivity index (χ0v) is 24.4. The summed E-state index contributed by atoms with van der Waals surface area (Å²) in [6, 6.07) is 6.04. The van der Waals surface area contributed by atoms with Gasteiger partial charge in [0, 0.05) is 20.1 Å². The molecule has 1 saturated heterocycles. The minimum atomic E-state index is -0.611. The lowest BCUT2D eigenvalue weighted by Crippen LogP contribution is -2.47. The van der Waals surface area contributed by atoms with E-state index in [1.165, 1.54) is 5.56 Å². The number of nitrogens with one attached hydrogen (secondary N) is 1. The van der Waals surface area contributed by atoms with E-state index in [4.69, 9.17) is 18.9 Å². The number of carbonyl (C=O) groups excluding carboxylic acids is 2. The molecular weight excluding hydrogens is 470 g/mol. The summed E-state index contributed by atoms with van der Waals surface area (Å²) in [5, 5.41) is 3.05. The molecule has 0 radical (unpaired) electrons. The largest absolute Gasteiger partial charge is 0.493 e. The van der Waals surface area contributed by atoms with Gasteiger partial charge in [-0.3, -0.25) is 4.79 Å². The minimum Gasteiger partial charge on any atom is -0.493 e. The molecule has 210 valence electrons. The molecule has 1 amide bonds. The third-order valence-electron chi connectivity index (χ3n) is 7.01. The Bertz CT molecular complexity index is 875. The Morgan fingerprint density at radius 1 is 1.16 bits per heavy atom. The van der Waals surface area contributed by atoms with Crippen molar-refractivity contribution in [2.45, 2.75) is 98.8 Å². The molecule has 1 heterocycles. The van der Waals surface area contributed by atoms with Gasteiger partial charge in [0.15, 0.2) is 0 Å². The van der Waals surface area contributed by atoms with E-state index in [0.29, 0.717) is 32.0 Å². The van der Waals surface area contributed by atoms with Gasteiger partial charge in [-0.2, -0.15) is 0 Å². The van der Waals surface area contributed by atoms with Gasteiger partial charge in [-0.25, -0.2) is 4.79 Å². The van der Waals surface area contributed by atoms with Crippen LogP contribution in [0, 0.1) is 30.6 Å². The molecule has 1 aromatic rings. The number of benzene rings is 1. The van der Waals surface area contributed by atoms with Crippen LogP contribution in [-0.2, 0) is 25.4 Å². The minimum absolute atomic E-state index is 0.152. The first-order valence-corrected chi connectivity index (χ1v) is 13.7. The van der Waals surface area contributed by atoms with Gasteiger partial charge >= 0.3 is 12.1 Å². The van der Waals surface area contributed by atoms with Gasteiger partial charge in [-0.15, -0.1) is 0 Å². The number of cyclic esters (lactones) is 1. The summed E-state index contributed by atoms with van der Waals surface area (Å²) in [7, 11) is 1.69. The summed E-state index contributed by atoms with van der Waals surface area (Å²) in [6.07, 6.45) is 2.10. The van der Waals surface area contributed by atoms with E-state index < -0.39 is 11.7 Å². The van der Waals surface area contributed by atoms with E-state index in [1.807, 2.05) is 34.6 Å². The monoisotopic (exact) mass is 519 g/mol. The van der Waals surface area contributed by atoms with Gasteiger partial charge in [-0.05, 0) is 81.9 Å². The quantitative estimate of drug-likeness (QED) is 0.251. The Morgan fingerprint density at radius 3 is 2.43 bits per heavy atom. The topological polar surface area (TPSA) is 83.1 Å². The molecule has 2 rings (SSSR count). The first kappa shape index (κ1) is 30.9. The summed E-state index contributed by atoms with van der Waals surface area (Å²) in [4.78, 5) is 25.3. The lowest BCUT2D eigenvalue weighted by atomic mass is 9.81. The van der Waals surface area contributed by atoms with Gasteiger partial charge < -0.3 is 24.3 Å². The van der Waals surface area contributed by atoms with Crippen LogP contribution in [-0.4, -0.2) is 50.1 Å². The molecule has 4 atom stereocenters. The standard InChI is InChI=1S/C30H49NO6/c1-19(2)23(15-22-12-11-21(5)26(16-22)35-14-10-13-34-9)17-25(31-29(33)37-30(6,7)8)27-18-24(20(3)4)28(32)36-27/h11-12,16,19-20,23-25,27H,10,13-15,17-18H2,1-9H3,(H,31,33). The van der Waals surface area contributed by atoms with Gasteiger partial charge in [0.2, 0.25) is 0 Å². The molecule has 0 aliphatic carbocycles. The molecular formula is C30H49NO6.